The van der Waals surface area contributed by atoms with E-state index >= 15 is 0 Å². The molecule has 0 saturated heterocycles. The molecule has 0 aliphatic carbocycles. The number of ether oxygens (including phenoxy) is 1. The van der Waals surface area contributed by atoms with E-state index < -0.39 is 11.2 Å². The summed E-state index contributed by atoms with van der Waals surface area (Å²) in [5.41, 5.74) is 0.620. The number of carbonyl (C=O) groups excluding carboxylic acids is 1. The van der Waals surface area contributed by atoms with Crippen molar-refractivity contribution in [1.82, 2.24) is 0 Å². The number of carboxylic acids is 1. The Morgan fingerprint density at radius 2 is 1.71 bits per heavy atom. The summed E-state index contributed by atoms with van der Waals surface area (Å²) in [6.07, 6.45) is 5.28. The maximum Gasteiger partial charge on any atom is 0.336 e. The molecule has 2 aromatic carbocycles. The highest BCUT2D eigenvalue weighted by Crippen LogP contribution is 2.24. The zero-order valence-electron chi connectivity index (χ0n) is 10.7. The van der Waals surface area contributed by atoms with E-state index in [1.807, 2.05) is 0 Å². The standard InChI is InChI=1S/C16H9ClO4/c1-2-10-9-13(7-8-14(10)16(19)20)21-12-5-3-11(4-6-12)15(17)18/h1,3-9H,(H,19,20). The lowest BCUT2D eigenvalue weighted by Gasteiger charge is -2.08. The number of benzene rings is 2. The van der Waals surface area contributed by atoms with E-state index in [0.29, 0.717) is 17.1 Å². The molecule has 0 amide bonds. The van der Waals surface area contributed by atoms with Gasteiger partial charge in [0.05, 0.1) is 5.56 Å². The van der Waals surface area contributed by atoms with Crippen LogP contribution in [0.1, 0.15) is 26.3 Å². The molecule has 0 atom stereocenters. The molecule has 4 nitrogen and oxygen atoms in total. The highest BCUT2D eigenvalue weighted by molar-refractivity contribution is 6.67. The van der Waals surface area contributed by atoms with Gasteiger partial charge in [-0.1, -0.05) is 5.92 Å². The average molecular weight is 301 g/mol. The first-order valence-corrected chi connectivity index (χ1v) is 6.21. The molecule has 1 N–H and O–H groups in total. The summed E-state index contributed by atoms with van der Waals surface area (Å²) < 4.78 is 5.55. The van der Waals surface area contributed by atoms with Gasteiger partial charge in [0.1, 0.15) is 11.5 Å². The molecule has 0 aromatic heterocycles. The number of rotatable bonds is 4. The average Bonchev–Trinajstić information content (AvgIpc) is 2.47. The van der Waals surface area contributed by atoms with Crippen LogP contribution in [0, 0.1) is 12.3 Å². The third-order valence-corrected chi connectivity index (χ3v) is 2.91. The largest absolute Gasteiger partial charge is 0.478 e. The van der Waals surface area contributed by atoms with Crippen molar-refractivity contribution in [2.45, 2.75) is 0 Å². The van der Waals surface area contributed by atoms with Gasteiger partial charge in [0.25, 0.3) is 5.24 Å². The van der Waals surface area contributed by atoms with E-state index in [-0.39, 0.29) is 11.1 Å². The van der Waals surface area contributed by atoms with Crippen molar-refractivity contribution in [2.24, 2.45) is 0 Å². The van der Waals surface area contributed by atoms with Crippen LogP contribution >= 0.6 is 11.6 Å². The summed E-state index contributed by atoms with van der Waals surface area (Å²) in [7, 11) is 0. The molecule has 21 heavy (non-hydrogen) atoms. The SMILES string of the molecule is C#Cc1cc(Oc2ccc(C(=O)Cl)cc2)ccc1C(=O)O. The fourth-order valence-corrected chi connectivity index (χ4v) is 1.81. The van der Waals surface area contributed by atoms with E-state index in [0.717, 1.165) is 0 Å². The van der Waals surface area contributed by atoms with Crippen LogP contribution < -0.4 is 4.74 Å². The van der Waals surface area contributed by atoms with Gasteiger partial charge in [-0.2, -0.15) is 0 Å². The smallest absolute Gasteiger partial charge is 0.336 e. The third kappa shape index (κ3) is 3.41. The van der Waals surface area contributed by atoms with Gasteiger partial charge in [-0.15, -0.1) is 6.42 Å². The highest BCUT2D eigenvalue weighted by atomic mass is 35.5. The molecule has 2 aromatic rings. The molecule has 0 bridgehead atoms. The van der Waals surface area contributed by atoms with Crippen molar-refractivity contribution in [2.75, 3.05) is 0 Å². The maximum atomic E-state index is 11.0. The van der Waals surface area contributed by atoms with Crippen molar-refractivity contribution in [1.29, 1.82) is 0 Å². The number of aromatic carboxylic acids is 1. The summed E-state index contributed by atoms with van der Waals surface area (Å²) >= 11 is 5.34. The van der Waals surface area contributed by atoms with Gasteiger partial charge in [-0.05, 0) is 54.1 Å². The van der Waals surface area contributed by atoms with Gasteiger partial charge in [0, 0.05) is 11.1 Å². The van der Waals surface area contributed by atoms with E-state index in [1.54, 1.807) is 12.1 Å². The fraction of sp³-hybridized carbons (Fsp3) is 0. The Hall–Kier alpha value is -2.77. The van der Waals surface area contributed by atoms with Gasteiger partial charge in [0.2, 0.25) is 0 Å². The van der Waals surface area contributed by atoms with E-state index in [9.17, 15) is 9.59 Å². The van der Waals surface area contributed by atoms with E-state index in [1.165, 1.54) is 30.3 Å². The Bertz CT molecular complexity index is 742. The van der Waals surface area contributed by atoms with Crippen molar-refractivity contribution >= 4 is 22.8 Å². The van der Waals surface area contributed by atoms with Crippen LogP contribution in [0.4, 0.5) is 0 Å². The number of carboxylic acid groups (broad SMARTS) is 1. The van der Waals surface area contributed by atoms with Crippen LogP contribution in [0.2, 0.25) is 0 Å². The number of hydrogen-bond donors (Lipinski definition) is 1. The quantitative estimate of drug-likeness (QED) is 0.693. The molecule has 2 rings (SSSR count). The monoisotopic (exact) mass is 300 g/mol. The number of terminal acetylenes is 1. The minimum atomic E-state index is -1.10. The van der Waals surface area contributed by atoms with Crippen molar-refractivity contribution < 1.29 is 19.4 Å². The first-order valence-electron chi connectivity index (χ1n) is 5.83. The molecule has 0 heterocycles. The van der Waals surface area contributed by atoms with E-state index in [2.05, 4.69) is 5.92 Å². The van der Waals surface area contributed by atoms with Crippen molar-refractivity contribution in [3.63, 3.8) is 0 Å². The summed E-state index contributed by atoms with van der Waals surface area (Å²) in [5, 5.41) is 8.43. The molecular weight excluding hydrogens is 292 g/mol. The molecule has 0 aliphatic rings. The minimum Gasteiger partial charge on any atom is -0.478 e. The second kappa shape index (κ2) is 6.12. The van der Waals surface area contributed by atoms with Crippen LogP contribution in [0.5, 0.6) is 11.5 Å². The van der Waals surface area contributed by atoms with Crippen molar-refractivity contribution in [3.8, 4) is 23.8 Å². The topological polar surface area (TPSA) is 63.6 Å². The number of carbonyl (C=O) groups is 2. The first-order chi connectivity index (χ1) is 10.0. The molecular formula is C16H9ClO4. The number of hydrogen-bond acceptors (Lipinski definition) is 3. The normalized spacial score (nSPS) is 9.71. The predicted molar refractivity (Wildman–Crippen MR) is 78.0 cm³/mol. The fourth-order valence-electron chi connectivity index (χ4n) is 1.68. The Morgan fingerprint density at radius 1 is 1.10 bits per heavy atom. The molecule has 5 heteroatoms. The summed E-state index contributed by atoms with van der Waals surface area (Å²) in [6.45, 7) is 0. The second-order valence-electron chi connectivity index (χ2n) is 4.06. The maximum absolute atomic E-state index is 11.0. The lowest BCUT2D eigenvalue weighted by Crippen LogP contribution is -2.00. The number of halogens is 1. The van der Waals surface area contributed by atoms with Gasteiger partial charge in [0.15, 0.2) is 0 Å². The minimum absolute atomic E-state index is 0.0351. The summed E-state index contributed by atoms with van der Waals surface area (Å²) in [5.74, 6) is 2.08. The molecule has 0 fully saturated rings. The predicted octanol–water partition coefficient (Wildman–Crippen LogP) is 3.54. The van der Waals surface area contributed by atoms with Crippen LogP contribution in [0.15, 0.2) is 42.5 Å². The summed E-state index contributed by atoms with van der Waals surface area (Å²) in [6, 6.07) is 10.6. The van der Waals surface area contributed by atoms with Gasteiger partial charge >= 0.3 is 5.97 Å². The lowest BCUT2D eigenvalue weighted by molar-refractivity contribution is 0.0696. The van der Waals surface area contributed by atoms with Gasteiger partial charge < -0.3 is 9.84 Å². The molecule has 0 spiro atoms. The lowest BCUT2D eigenvalue weighted by atomic mass is 10.1. The van der Waals surface area contributed by atoms with Crippen molar-refractivity contribution in [3.05, 3.63) is 59.2 Å². The Morgan fingerprint density at radius 3 is 2.24 bits per heavy atom. The molecule has 0 aliphatic heterocycles. The Labute approximate surface area is 125 Å². The van der Waals surface area contributed by atoms with Crippen LogP contribution in [-0.2, 0) is 0 Å². The molecule has 0 unspecified atom stereocenters. The van der Waals surface area contributed by atoms with Gasteiger partial charge in [-0.25, -0.2) is 4.79 Å². The zero-order chi connectivity index (χ0) is 15.4. The third-order valence-electron chi connectivity index (χ3n) is 2.69. The van der Waals surface area contributed by atoms with Crippen LogP contribution in [-0.4, -0.2) is 16.3 Å². The Kier molecular flexibility index (Phi) is 4.27. The van der Waals surface area contributed by atoms with Crippen LogP contribution in [0.25, 0.3) is 0 Å². The molecule has 104 valence electrons. The first kappa shape index (κ1) is 14.6. The molecule has 0 saturated carbocycles. The second-order valence-corrected chi connectivity index (χ2v) is 4.40. The Balaban J connectivity index is 2.26. The zero-order valence-corrected chi connectivity index (χ0v) is 11.4. The molecule has 0 radical (unpaired) electrons. The van der Waals surface area contributed by atoms with Gasteiger partial charge in [-0.3, -0.25) is 4.79 Å². The van der Waals surface area contributed by atoms with Crippen LogP contribution in [0.3, 0.4) is 0 Å². The highest BCUT2D eigenvalue weighted by Gasteiger charge is 2.10. The summed E-state index contributed by atoms with van der Waals surface area (Å²) in [4.78, 5) is 21.9. The van der Waals surface area contributed by atoms with E-state index in [4.69, 9.17) is 27.9 Å².